The second-order valence-electron chi connectivity index (χ2n) is 3.97. The van der Waals surface area contributed by atoms with Gasteiger partial charge in [0, 0.05) is 19.2 Å². The van der Waals surface area contributed by atoms with Crippen molar-refractivity contribution in [3.63, 3.8) is 0 Å². The summed E-state index contributed by atoms with van der Waals surface area (Å²) < 4.78 is 0. The third-order valence-corrected chi connectivity index (χ3v) is 2.91. The monoisotopic (exact) mass is 293 g/mol. The zero-order valence-electron chi connectivity index (χ0n) is 10.3. The lowest BCUT2D eigenvalue weighted by Crippen LogP contribution is -2.23. The fourth-order valence-electron chi connectivity index (χ4n) is 1.74. The van der Waals surface area contributed by atoms with Gasteiger partial charge in [-0.1, -0.05) is 48.0 Å². The summed E-state index contributed by atoms with van der Waals surface area (Å²) in [6.45, 7) is 5.12. The second kappa shape index (κ2) is 6.55. The van der Waals surface area contributed by atoms with E-state index in [-0.39, 0.29) is 5.28 Å². The molecule has 0 saturated heterocycles. The summed E-state index contributed by atoms with van der Waals surface area (Å²) in [6.07, 6.45) is 1.81. The smallest absolute Gasteiger partial charge is 0.225 e. The Labute approximate surface area is 122 Å². The van der Waals surface area contributed by atoms with Gasteiger partial charge in [0.15, 0.2) is 0 Å². The van der Waals surface area contributed by atoms with Crippen molar-refractivity contribution in [1.82, 2.24) is 9.97 Å². The van der Waals surface area contributed by atoms with E-state index in [4.69, 9.17) is 23.2 Å². The Morgan fingerprint density at radius 2 is 1.89 bits per heavy atom. The highest BCUT2D eigenvalue weighted by Crippen LogP contribution is 2.20. The predicted octanol–water partition coefficient (Wildman–Crippen LogP) is 3.98. The van der Waals surface area contributed by atoms with Gasteiger partial charge in [-0.15, -0.1) is 6.58 Å². The number of nitrogens with zero attached hydrogens (tertiary/aromatic N) is 3. The fourth-order valence-corrected chi connectivity index (χ4v) is 2.14. The summed E-state index contributed by atoms with van der Waals surface area (Å²) in [4.78, 5) is 10.1. The maximum absolute atomic E-state index is 5.91. The molecule has 1 heterocycles. The Morgan fingerprint density at radius 3 is 2.53 bits per heavy atom. The molecule has 0 N–H and O–H groups in total. The molecule has 1 aromatic heterocycles. The van der Waals surface area contributed by atoms with Gasteiger partial charge in [0.25, 0.3) is 0 Å². The van der Waals surface area contributed by atoms with Crippen LogP contribution < -0.4 is 4.90 Å². The van der Waals surface area contributed by atoms with E-state index in [1.165, 1.54) is 5.56 Å². The Morgan fingerprint density at radius 1 is 1.16 bits per heavy atom. The van der Waals surface area contributed by atoms with E-state index in [0.717, 1.165) is 0 Å². The molecule has 2 aromatic rings. The first-order valence-corrected chi connectivity index (χ1v) is 6.54. The zero-order chi connectivity index (χ0) is 13.7. The third kappa shape index (κ3) is 3.94. The summed E-state index contributed by atoms with van der Waals surface area (Å²) >= 11 is 11.7. The van der Waals surface area contributed by atoms with Crippen molar-refractivity contribution in [3.05, 3.63) is 65.1 Å². The van der Waals surface area contributed by atoms with Crippen LogP contribution in [0.25, 0.3) is 0 Å². The molecule has 0 aliphatic carbocycles. The van der Waals surface area contributed by atoms with E-state index in [0.29, 0.717) is 24.1 Å². The second-order valence-corrected chi connectivity index (χ2v) is 4.70. The number of hydrogen-bond donors (Lipinski definition) is 0. The molecular formula is C14H13Cl2N3. The van der Waals surface area contributed by atoms with Crippen molar-refractivity contribution >= 4 is 29.0 Å². The molecule has 0 fully saturated rings. The molecule has 0 spiro atoms. The lowest BCUT2D eigenvalue weighted by atomic mass is 10.2. The Hall–Kier alpha value is -1.58. The average molecular weight is 294 g/mol. The SMILES string of the molecule is C=CCN(Cc1ccccc1)c1cc(Cl)nc(Cl)n1. The molecule has 1 aromatic carbocycles. The summed E-state index contributed by atoms with van der Waals surface area (Å²) in [7, 11) is 0. The topological polar surface area (TPSA) is 29.0 Å². The molecule has 2 rings (SSSR count). The first kappa shape index (κ1) is 13.8. The number of hydrogen-bond acceptors (Lipinski definition) is 3. The molecule has 0 atom stereocenters. The summed E-state index contributed by atoms with van der Waals surface area (Å²) in [5, 5.41) is 0.474. The minimum atomic E-state index is 0.143. The standard InChI is InChI=1S/C14H13Cl2N3/c1-2-8-19(10-11-6-4-3-5-7-11)13-9-12(15)17-14(16)18-13/h2-7,9H,1,8,10H2. The highest BCUT2D eigenvalue weighted by atomic mass is 35.5. The largest absolute Gasteiger partial charge is 0.348 e. The zero-order valence-corrected chi connectivity index (χ0v) is 11.8. The lowest BCUT2D eigenvalue weighted by Gasteiger charge is -2.22. The molecule has 0 unspecified atom stereocenters. The average Bonchev–Trinajstić information content (AvgIpc) is 2.38. The first-order chi connectivity index (χ1) is 9.19. The molecule has 0 saturated carbocycles. The van der Waals surface area contributed by atoms with Gasteiger partial charge in [-0.3, -0.25) is 0 Å². The number of benzene rings is 1. The normalized spacial score (nSPS) is 10.2. The Balaban J connectivity index is 2.26. The highest BCUT2D eigenvalue weighted by Gasteiger charge is 2.10. The van der Waals surface area contributed by atoms with Crippen LogP contribution in [-0.4, -0.2) is 16.5 Å². The lowest BCUT2D eigenvalue weighted by molar-refractivity contribution is 0.842. The summed E-state index contributed by atoms with van der Waals surface area (Å²) in [5.41, 5.74) is 1.18. The Kier molecular flexibility index (Phi) is 4.77. The van der Waals surface area contributed by atoms with E-state index < -0.39 is 0 Å². The molecule has 3 nitrogen and oxygen atoms in total. The van der Waals surface area contributed by atoms with Gasteiger partial charge in [0.05, 0.1) is 0 Å². The Bertz CT molecular complexity index is 538. The van der Waals surface area contributed by atoms with Crippen LogP contribution in [0.1, 0.15) is 5.56 Å². The molecular weight excluding hydrogens is 281 g/mol. The minimum absolute atomic E-state index is 0.143. The first-order valence-electron chi connectivity index (χ1n) is 5.79. The van der Waals surface area contributed by atoms with Gasteiger partial charge in [0.2, 0.25) is 5.28 Å². The molecule has 0 aliphatic heterocycles. The van der Waals surface area contributed by atoms with E-state index in [9.17, 15) is 0 Å². The number of halogens is 2. The maximum Gasteiger partial charge on any atom is 0.225 e. The quantitative estimate of drug-likeness (QED) is 0.474. The van der Waals surface area contributed by atoms with Crippen LogP contribution in [0.15, 0.2) is 49.1 Å². The molecule has 0 aliphatic rings. The molecule has 5 heteroatoms. The van der Waals surface area contributed by atoms with E-state index in [1.807, 2.05) is 29.2 Å². The summed E-state index contributed by atoms with van der Waals surface area (Å²) in [6, 6.07) is 11.8. The van der Waals surface area contributed by atoms with Crippen molar-refractivity contribution in [3.8, 4) is 0 Å². The number of anilines is 1. The van der Waals surface area contributed by atoms with Crippen molar-refractivity contribution in [2.45, 2.75) is 6.54 Å². The van der Waals surface area contributed by atoms with E-state index in [2.05, 4.69) is 28.7 Å². The molecule has 0 radical (unpaired) electrons. The molecule has 0 amide bonds. The van der Waals surface area contributed by atoms with E-state index in [1.54, 1.807) is 6.07 Å². The van der Waals surface area contributed by atoms with Crippen molar-refractivity contribution in [1.29, 1.82) is 0 Å². The maximum atomic E-state index is 5.91. The number of aromatic nitrogens is 2. The van der Waals surface area contributed by atoms with Crippen LogP contribution in [-0.2, 0) is 6.54 Å². The van der Waals surface area contributed by atoms with Gasteiger partial charge in [0.1, 0.15) is 11.0 Å². The van der Waals surface area contributed by atoms with Gasteiger partial charge in [-0.2, -0.15) is 0 Å². The summed E-state index contributed by atoms with van der Waals surface area (Å²) in [5.74, 6) is 0.689. The predicted molar refractivity (Wildman–Crippen MR) is 79.7 cm³/mol. The third-order valence-electron chi connectivity index (χ3n) is 2.54. The highest BCUT2D eigenvalue weighted by molar-refractivity contribution is 6.32. The van der Waals surface area contributed by atoms with Gasteiger partial charge >= 0.3 is 0 Å². The van der Waals surface area contributed by atoms with Crippen LogP contribution >= 0.6 is 23.2 Å². The minimum Gasteiger partial charge on any atom is -0.348 e. The molecule has 19 heavy (non-hydrogen) atoms. The van der Waals surface area contributed by atoms with Crippen molar-refractivity contribution < 1.29 is 0 Å². The fraction of sp³-hybridized carbons (Fsp3) is 0.143. The van der Waals surface area contributed by atoms with Crippen LogP contribution in [0.3, 0.4) is 0 Å². The molecule has 0 bridgehead atoms. The van der Waals surface area contributed by atoms with Gasteiger partial charge < -0.3 is 4.90 Å². The van der Waals surface area contributed by atoms with Crippen LogP contribution in [0.2, 0.25) is 10.4 Å². The number of rotatable bonds is 5. The molecule has 98 valence electrons. The van der Waals surface area contributed by atoms with Crippen LogP contribution in [0.5, 0.6) is 0 Å². The van der Waals surface area contributed by atoms with Crippen molar-refractivity contribution in [2.24, 2.45) is 0 Å². The van der Waals surface area contributed by atoms with Crippen LogP contribution in [0.4, 0.5) is 5.82 Å². The van der Waals surface area contributed by atoms with E-state index >= 15 is 0 Å². The van der Waals surface area contributed by atoms with Crippen molar-refractivity contribution in [2.75, 3.05) is 11.4 Å². The van der Waals surface area contributed by atoms with Gasteiger partial charge in [-0.25, -0.2) is 9.97 Å². The van der Waals surface area contributed by atoms with Crippen LogP contribution in [0, 0.1) is 0 Å². The van der Waals surface area contributed by atoms with Gasteiger partial charge in [-0.05, 0) is 17.2 Å².